The lowest BCUT2D eigenvalue weighted by Gasteiger charge is -2.29. The Bertz CT molecular complexity index is 1460. The summed E-state index contributed by atoms with van der Waals surface area (Å²) in [5.41, 5.74) is 1.42. The van der Waals surface area contributed by atoms with Crippen molar-refractivity contribution < 1.29 is 24.2 Å². The summed E-state index contributed by atoms with van der Waals surface area (Å²) in [4.78, 5) is 38.2. The van der Waals surface area contributed by atoms with Crippen LogP contribution in [0, 0.1) is 0 Å². The number of amides is 2. The van der Waals surface area contributed by atoms with Crippen LogP contribution in [-0.4, -0.2) is 28.0 Å². The maximum absolute atomic E-state index is 13.2. The Morgan fingerprint density at radius 1 is 1.08 bits per heavy atom. The van der Waals surface area contributed by atoms with E-state index in [9.17, 15) is 19.5 Å². The van der Waals surface area contributed by atoms with Gasteiger partial charge in [-0.1, -0.05) is 41.4 Å². The highest BCUT2D eigenvalue weighted by Gasteiger charge is 2.34. The van der Waals surface area contributed by atoms with E-state index in [1.165, 1.54) is 30.3 Å². The van der Waals surface area contributed by atoms with Crippen molar-refractivity contribution in [1.29, 1.82) is 0 Å². The third kappa shape index (κ3) is 5.60. The third-order valence-electron chi connectivity index (χ3n) is 5.10. The van der Waals surface area contributed by atoms with Crippen LogP contribution in [0.4, 0.5) is 5.69 Å². The molecule has 0 spiro atoms. The topological polar surface area (TPSA) is 95.9 Å². The number of ether oxygens (including phenoxy) is 1. The van der Waals surface area contributed by atoms with Crippen molar-refractivity contribution in [2.75, 3.05) is 4.90 Å². The molecular formula is C25H15BrCl2N2O5S. The number of nitrogens with zero attached hydrogens (tertiary/aromatic N) is 1. The summed E-state index contributed by atoms with van der Waals surface area (Å²) >= 11 is 20.6. The maximum atomic E-state index is 13.2. The molecule has 2 N–H and O–H groups in total. The maximum Gasteiger partial charge on any atom is 0.335 e. The Labute approximate surface area is 229 Å². The van der Waals surface area contributed by atoms with E-state index in [2.05, 4.69) is 21.2 Å². The standard InChI is InChI=1S/C25H15BrCl2N2O5S/c26-18-9-13(5-7-21(18)35-12-14-4-6-19(27)20(28)10-14)8-17-22(31)29-25(36)30(23(17)32)16-3-1-2-15(11-16)24(33)34/h1-11H,12H2,(H,33,34)(H,29,31,36). The van der Waals surface area contributed by atoms with E-state index in [-0.39, 0.29) is 28.5 Å². The number of carboxylic acid groups (broad SMARTS) is 1. The van der Waals surface area contributed by atoms with Crippen molar-refractivity contribution in [1.82, 2.24) is 5.32 Å². The summed E-state index contributed by atoms with van der Waals surface area (Å²) in [7, 11) is 0. The van der Waals surface area contributed by atoms with Crippen LogP contribution < -0.4 is 15.0 Å². The highest BCUT2D eigenvalue weighted by Crippen LogP contribution is 2.30. The highest BCUT2D eigenvalue weighted by molar-refractivity contribution is 9.10. The van der Waals surface area contributed by atoms with Crippen LogP contribution in [-0.2, 0) is 16.2 Å². The first-order chi connectivity index (χ1) is 17.1. The summed E-state index contributed by atoms with van der Waals surface area (Å²) in [6, 6.07) is 16.0. The van der Waals surface area contributed by atoms with Gasteiger partial charge in [0.25, 0.3) is 11.8 Å². The fourth-order valence-corrected chi connectivity index (χ4v) is 4.46. The number of anilines is 1. The molecule has 3 aromatic rings. The normalized spacial score (nSPS) is 14.7. The van der Waals surface area contributed by atoms with Crippen LogP contribution in [0.15, 0.2) is 70.7 Å². The van der Waals surface area contributed by atoms with Crippen LogP contribution in [0.2, 0.25) is 10.0 Å². The Morgan fingerprint density at radius 2 is 1.86 bits per heavy atom. The van der Waals surface area contributed by atoms with Crippen LogP contribution in [0.25, 0.3) is 6.08 Å². The molecule has 1 aliphatic heterocycles. The second kappa shape index (κ2) is 10.8. The molecule has 0 radical (unpaired) electrons. The van der Waals surface area contributed by atoms with E-state index in [1.54, 1.807) is 36.4 Å². The van der Waals surface area contributed by atoms with Crippen molar-refractivity contribution in [3.63, 3.8) is 0 Å². The van der Waals surface area contributed by atoms with E-state index in [4.69, 9.17) is 40.2 Å². The number of thiocarbonyl (C=S) groups is 1. The molecule has 4 rings (SSSR count). The number of rotatable bonds is 6. The first-order valence-corrected chi connectivity index (χ1v) is 12.2. The van der Waals surface area contributed by atoms with E-state index in [0.29, 0.717) is 25.8 Å². The number of carboxylic acids is 1. The Kier molecular flexibility index (Phi) is 7.75. The molecule has 0 unspecified atom stereocenters. The Morgan fingerprint density at radius 3 is 2.56 bits per heavy atom. The molecule has 7 nitrogen and oxygen atoms in total. The smallest absolute Gasteiger partial charge is 0.335 e. The number of benzene rings is 3. The predicted octanol–water partition coefficient (Wildman–Crippen LogP) is 5.86. The number of carbonyl (C=O) groups excluding carboxylic acids is 2. The number of halogens is 3. The molecular weight excluding hydrogens is 591 g/mol. The zero-order chi connectivity index (χ0) is 26.0. The van der Waals surface area contributed by atoms with Gasteiger partial charge in [-0.2, -0.15) is 0 Å². The largest absolute Gasteiger partial charge is 0.488 e. The molecule has 1 heterocycles. The van der Waals surface area contributed by atoms with Gasteiger partial charge in [0.15, 0.2) is 5.11 Å². The SMILES string of the molecule is O=C1NC(=S)N(c2cccc(C(=O)O)c2)C(=O)C1=Cc1ccc(OCc2ccc(Cl)c(Cl)c2)c(Br)c1. The first kappa shape index (κ1) is 25.8. The molecule has 1 aliphatic rings. The number of nitrogens with one attached hydrogen (secondary N) is 1. The first-order valence-electron chi connectivity index (χ1n) is 10.2. The van der Waals surface area contributed by atoms with Crippen LogP contribution >= 0.6 is 51.3 Å². The summed E-state index contributed by atoms with van der Waals surface area (Å²) < 4.78 is 6.43. The minimum Gasteiger partial charge on any atom is -0.488 e. The summed E-state index contributed by atoms with van der Waals surface area (Å²) in [5.74, 6) is -1.96. The second-order valence-electron chi connectivity index (χ2n) is 7.54. The lowest BCUT2D eigenvalue weighted by Crippen LogP contribution is -2.54. The van der Waals surface area contributed by atoms with Gasteiger partial charge >= 0.3 is 5.97 Å². The molecule has 0 bridgehead atoms. The van der Waals surface area contributed by atoms with Crippen LogP contribution in [0.5, 0.6) is 5.75 Å². The van der Waals surface area contributed by atoms with E-state index in [1.807, 2.05) is 0 Å². The van der Waals surface area contributed by atoms with Gasteiger partial charge < -0.3 is 9.84 Å². The molecule has 0 atom stereocenters. The molecule has 2 amide bonds. The van der Waals surface area contributed by atoms with Gasteiger partial charge in [-0.3, -0.25) is 19.8 Å². The Balaban J connectivity index is 1.57. The average molecular weight is 606 g/mol. The molecule has 0 aromatic heterocycles. The monoisotopic (exact) mass is 604 g/mol. The summed E-state index contributed by atoms with van der Waals surface area (Å²) in [6.07, 6.45) is 1.42. The molecule has 36 heavy (non-hydrogen) atoms. The minimum absolute atomic E-state index is 0.0223. The van der Waals surface area contributed by atoms with E-state index < -0.39 is 17.8 Å². The Hall–Kier alpha value is -3.24. The second-order valence-corrected chi connectivity index (χ2v) is 9.60. The number of carbonyl (C=O) groups is 3. The highest BCUT2D eigenvalue weighted by atomic mass is 79.9. The fraction of sp³-hybridized carbons (Fsp3) is 0.0400. The third-order valence-corrected chi connectivity index (χ3v) is 6.74. The summed E-state index contributed by atoms with van der Waals surface area (Å²) in [6.45, 7) is 0.249. The van der Waals surface area contributed by atoms with Crippen LogP contribution in [0.1, 0.15) is 21.5 Å². The van der Waals surface area contributed by atoms with Gasteiger partial charge in [0.1, 0.15) is 17.9 Å². The van der Waals surface area contributed by atoms with Gasteiger partial charge in [-0.15, -0.1) is 0 Å². The van der Waals surface area contributed by atoms with Crippen LogP contribution in [0.3, 0.4) is 0 Å². The minimum atomic E-state index is -1.15. The predicted molar refractivity (Wildman–Crippen MR) is 145 cm³/mol. The van der Waals surface area contributed by atoms with Crippen molar-refractivity contribution in [3.8, 4) is 5.75 Å². The van der Waals surface area contributed by atoms with Gasteiger partial charge in [0.05, 0.1) is 25.8 Å². The van der Waals surface area contributed by atoms with Crippen molar-refractivity contribution >= 4 is 86.0 Å². The number of aromatic carboxylic acids is 1. The van der Waals surface area contributed by atoms with Crippen molar-refractivity contribution in [3.05, 3.63) is 97.4 Å². The number of hydrogen-bond donors (Lipinski definition) is 2. The molecule has 182 valence electrons. The zero-order valence-electron chi connectivity index (χ0n) is 18.1. The molecule has 0 saturated carbocycles. The van der Waals surface area contributed by atoms with Crippen molar-refractivity contribution in [2.24, 2.45) is 0 Å². The van der Waals surface area contributed by atoms with Crippen molar-refractivity contribution in [2.45, 2.75) is 6.61 Å². The summed E-state index contributed by atoms with van der Waals surface area (Å²) in [5, 5.41) is 12.5. The quantitative estimate of drug-likeness (QED) is 0.207. The molecule has 1 fully saturated rings. The molecule has 0 aliphatic carbocycles. The zero-order valence-corrected chi connectivity index (χ0v) is 22.0. The van der Waals surface area contributed by atoms with Gasteiger partial charge in [0.2, 0.25) is 0 Å². The van der Waals surface area contributed by atoms with Gasteiger partial charge in [0, 0.05) is 0 Å². The lowest BCUT2D eigenvalue weighted by molar-refractivity contribution is -0.122. The van der Waals surface area contributed by atoms with E-state index >= 15 is 0 Å². The lowest BCUT2D eigenvalue weighted by atomic mass is 10.1. The van der Waals surface area contributed by atoms with Gasteiger partial charge in [-0.05, 0) is 87.8 Å². The molecule has 1 saturated heterocycles. The fourth-order valence-electron chi connectivity index (χ4n) is 3.35. The average Bonchev–Trinajstić information content (AvgIpc) is 2.83. The van der Waals surface area contributed by atoms with Gasteiger partial charge in [-0.25, -0.2) is 4.79 Å². The number of hydrogen-bond acceptors (Lipinski definition) is 5. The molecule has 11 heteroatoms. The van der Waals surface area contributed by atoms with E-state index in [0.717, 1.165) is 10.5 Å². The molecule has 3 aromatic carbocycles.